The zero-order valence-corrected chi connectivity index (χ0v) is 15.5. The van der Waals surface area contributed by atoms with Crippen LogP contribution in [-0.4, -0.2) is 26.5 Å². The van der Waals surface area contributed by atoms with Gasteiger partial charge in [0, 0.05) is 13.1 Å². The van der Waals surface area contributed by atoms with Gasteiger partial charge in [-0.2, -0.15) is 13.1 Å². The van der Waals surface area contributed by atoms with E-state index in [4.69, 9.17) is 5.73 Å². The van der Waals surface area contributed by atoms with Crippen LogP contribution < -0.4 is 15.3 Å². The molecule has 0 saturated carbocycles. The normalized spacial score (nSPS) is 18.3. The Morgan fingerprint density at radius 2 is 1.38 bits per heavy atom. The van der Waals surface area contributed by atoms with Gasteiger partial charge in [0.2, 0.25) is 0 Å². The fourth-order valence-electron chi connectivity index (χ4n) is 3.23. The number of rotatable bonds is 7. The van der Waals surface area contributed by atoms with Crippen LogP contribution in [0.4, 0.5) is 0 Å². The van der Waals surface area contributed by atoms with Gasteiger partial charge in [-0.1, -0.05) is 67.1 Å². The molecule has 4 N–H and O–H groups in total. The lowest BCUT2D eigenvalue weighted by Gasteiger charge is -2.30. The second-order valence-electron chi connectivity index (χ2n) is 6.59. The number of piperidine rings is 1. The molecular formula is C19H26N4O2S. The van der Waals surface area contributed by atoms with E-state index < -0.39 is 22.3 Å². The van der Waals surface area contributed by atoms with Crippen LogP contribution in [0.3, 0.4) is 0 Å². The molecule has 1 aliphatic rings. The average Bonchev–Trinajstić information content (AvgIpc) is 2.67. The van der Waals surface area contributed by atoms with Gasteiger partial charge in [0.05, 0.1) is 12.1 Å². The number of nitrogens with one attached hydrogen (secondary N) is 2. The molecule has 1 fully saturated rings. The van der Waals surface area contributed by atoms with Gasteiger partial charge in [0.15, 0.2) is 0 Å². The molecule has 6 nitrogen and oxygen atoms in total. The quantitative estimate of drug-likeness (QED) is 0.694. The Hall–Kier alpha value is -1.77. The molecule has 0 radical (unpaired) electrons. The lowest BCUT2D eigenvalue weighted by Crippen LogP contribution is -2.51. The molecule has 0 bridgehead atoms. The molecule has 1 aliphatic heterocycles. The van der Waals surface area contributed by atoms with E-state index in [0.717, 1.165) is 43.5 Å². The van der Waals surface area contributed by atoms with Crippen molar-refractivity contribution < 1.29 is 8.42 Å². The van der Waals surface area contributed by atoms with Crippen LogP contribution in [0.25, 0.3) is 0 Å². The molecule has 1 heterocycles. The van der Waals surface area contributed by atoms with Gasteiger partial charge in [0.25, 0.3) is 10.2 Å². The summed E-state index contributed by atoms with van der Waals surface area (Å²) < 4.78 is 28.1. The SMILES string of the molecule is N[C@@H](c1ccccc1)[C@@H](NS(=O)(=O)NN1CCCCC1)c1ccccc1. The van der Waals surface area contributed by atoms with E-state index in [1.165, 1.54) is 0 Å². The number of nitrogens with zero attached hydrogens (tertiary/aromatic N) is 1. The molecule has 0 aromatic heterocycles. The number of hydrogen-bond acceptors (Lipinski definition) is 4. The van der Waals surface area contributed by atoms with Crippen molar-refractivity contribution in [1.29, 1.82) is 0 Å². The summed E-state index contributed by atoms with van der Waals surface area (Å²) in [6.45, 7) is 1.45. The molecule has 2 atom stereocenters. The van der Waals surface area contributed by atoms with Crippen LogP contribution in [0, 0.1) is 0 Å². The molecule has 140 valence electrons. The van der Waals surface area contributed by atoms with Crippen molar-refractivity contribution in [2.75, 3.05) is 13.1 Å². The van der Waals surface area contributed by atoms with Gasteiger partial charge in [0.1, 0.15) is 0 Å². The molecule has 2 aromatic carbocycles. The summed E-state index contributed by atoms with van der Waals surface area (Å²) >= 11 is 0. The van der Waals surface area contributed by atoms with Crippen molar-refractivity contribution in [3.8, 4) is 0 Å². The van der Waals surface area contributed by atoms with Gasteiger partial charge < -0.3 is 5.73 Å². The maximum Gasteiger partial charge on any atom is 0.290 e. The van der Waals surface area contributed by atoms with E-state index in [-0.39, 0.29) is 0 Å². The molecule has 7 heteroatoms. The highest BCUT2D eigenvalue weighted by molar-refractivity contribution is 7.87. The number of nitrogens with two attached hydrogens (primary N) is 1. The van der Waals surface area contributed by atoms with Crippen molar-refractivity contribution in [1.82, 2.24) is 14.6 Å². The Bertz CT molecular complexity index is 778. The molecule has 1 saturated heterocycles. The molecule has 2 aromatic rings. The fraction of sp³-hybridized carbons (Fsp3) is 0.368. The largest absolute Gasteiger partial charge is 0.322 e. The van der Waals surface area contributed by atoms with Crippen LogP contribution in [0.1, 0.15) is 42.5 Å². The highest BCUT2D eigenvalue weighted by atomic mass is 32.2. The van der Waals surface area contributed by atoms with Crippen LogP contribution in [0.2, 0.25) is 0 Å². The van der Waals surface area contributed by atoms with Crippen LogP contribution in [-0.2, 0) is 10.2 Å². The van der Waals surface area contributed by atoms with E-state index in [9.17, 15) is 8.42 Å². The number of hydrazine groups is 1. The highest BCUT2D eigenvalue weighted by Gasteiger charge is 2.27. The van der Waals surface area contributed by atoms with Crippen LogP contribution in [0.15, 0.2) is 60.7 Å². The first-order chi connectivity index (χ1) is 12.6. The lowest BCUT2D eigenvalue weighted by molar-refractivity contribution is 0.198. The number of hydrogen-bond donors (Lipinski definition) is 3. The first kappa shape index (κ1) is 19.0. The standard InChI is InChI=1S/C19H26N4O2S/c20-18(16-10-4-1-5-11-16)19(17-12-6-2-7-13-17)21-26(24,25)22-23-14-8-3-9-15-23/h1-2,4-7,10-13,18-19,21-22H,3,8-9,14-15,20H2/t18-,19-/m0/s1. The minimum absolute atomic E-state index is 0.503. The molecular weight excluding hydrogens is 348 g/mol. The number of benzene rings is 2. The molecule has 3 rings (SSSR count). The van der Waals surface area contributed by atoms with Crippen molar-refractivity contribution in [3.05, 3.63) is 71.8 Å². The van der Waals surface area contributed by atoms with Crippen molar-refractivity contribution in [2.45, 2.75) is 31.3 Å². The van der Waals surface area contributed by atoms with Gasteiger partial charge in [-0.15, -0.1) is 4.83 Å². The molecule has 0 spiro atoms. The van der Waals surface area contributed by atoms with Gasteiger partial charge >= 0.3 is 0 Å². The zero-order chi connectivity index (χ0) is 18.4. The highest BCUT2D eigenvalue weighted by Crippen LogP contribution is 2.27. The van der Waals surface area contributed by atoms with Crippen molar-refractivity contribution in [3.63, 3.8) is 0 Å². The van der Waals surface area contributed by atoms with E-state index in [1.807, 2.05) is 60.7 Å². The summed E-state index contributed by atoms with van der Waals surface area (Å²) in [6, 6.07) is 17.9. The molecule has 0 amide bonds. The first-order valence-corrected chi connectivity index (χ1v) is 10.4. The minimum atomic E-state index is -3.74. The first-order valence-electron chi connectivity index (χ1n) is 8.95. The summed E-state index contributed by atoms with van der Waals surface area (Å²) in [6.07, 6.45) is 3.12. The molecule has 0 unspecified atom stereocenters. The average molecular weight is 375 g/mol. The Morgan fingerprint density at radius 1 is 0.846 bits per heavy atom. The van der Waals surface area contributed by atoms with Crippen molar-refractivity contribution in [2.24, 2.45) is 5.73 Å². The Labute approximate surface area is 155 Å². The van der Waals surface area contributed by atoms with Gasteiger partial charge in [-0.25, -0.2) is 5.01 Å². The predicted molar refractivity (Wildman–Crippen MR) is 103 cm³/mol. The van der Waals surface area contributed by atoms with E-state index in [1.54, 1.807) is 5.01 Å². The summed E-state index contributed by atoms with van der Waals surface area (Å²) in [4.78, 5) is 2.64. The third-order valence-corrected chi connectivity index (χ3v) is 5.65. The van der Waals surface area contributed by atoms with Crippen LogP contribution in [0.5, 0.6) is 0 Å². The maximum atomic E-state index is 12.7. The second kappa shape index (κ2) is 8.75. The van der Waals surface area contributed by atoms with E-state index in [2.05, 4.69) is 9.55 Å². The Morgan fingerprint density at radius 3 is 1.96 bits per heavy atom. The van der Waals surface area contributed by atoms with E-state index in [0.29, 0.717) is 0 Å². The third-order valence-electron chi connectivity index (χ3n) is 4.59. The molecule has 0 aliphatic carbocycles. The van der Waals surface area contributed by atoms with Gasteiger partial charge in [-0.3, -0.25) is 0 Å². The summed E-state index contributed by atoms with van der Waals surface area (Å²) in [7, 11) is -3.74. The monoisotopic (exact) mass is 374 g/mol. The van der Waals surface area contributed by atoms with Crippen molar-refractivity contribution >= 4 is 10.2 Å². The van der Waals surface area contributed by atoms with Crippen LogP contribution >= 0.6 is 0 Å². The van der Waals surface area contributed by atoms with E-state index >= 15 is 0 Å². The predicted octanol–water partition coefficient (Wildman–Crippen LogP) is 2.25. The van der Waals surface area contributed by atoms with Gasteiger partial charge in [-0.05, 0) is 24.0 Å². The minimum Gasteiger partial charge on any atom is -0.322 e. The third kappa shape index (κ3) is 5.12. The summed E-state index contributed by atoms with van der Waals surface area (Å²) in [5.41, 5.74) is 8.15. The lowest BCUT2D eigenvalue weighted by atomic mass is 9.95. The Balaban J connectivity index is 1.81. The fourth-order valence-corrected chi connectivity index (χ4v) is 4.42. The zero-order valence-electron chi connectivity index (χ0n) is 14.7. The smallest absolute Gasteiger partial charge is 0.290 e. The Kier molecular flexibility index (Phi) is 6.39. The summed E-state index contributed by atoms with van der Waals surface area (Å²) in [5, 5.41) is 1.75. The molecule has 26 heavy (non-hydrogen) atoms. The maximum absolute atomic E-state index is 12.7. The topological polar surface area (TPSA) is 87.5 Å². The second-order valence-corrected chi connectivity index (χ2v) is 8.01. The summed E-state index contributed by atoms with van der Waals surface area (Å²) in [5.74, 6) is 0.